The second kappa shape index (κ2) is 5.85. The molecule has 0 bridgehead atoms. The lowest BCUT2D eigenvalue weighted by Gasteiger charge is -2.35. The van der Waals surface area contributed by atoms with Gasteiger partial charge in [-0.2, -0.15) is 0 Å². The molecule has 0 amide bonds. The van der Waals surface area contributed by atoms with Crippen LogP contribution in [0.4, 0.5) is 0 Å². The summed E-state index contributed by atoms with van der Waals surface area (Å²) >= 11 is 0. The van der Waals surface area contributed by atoms with Crippen molar-refractivity contribution in [3.8, 4) is 0 Å². The summed E-state index contributed by atoms with van der Waals surface area (Å²) in [6, 6.07) is 3.73. The fourth-order valence-corrected chi connectivity index (χ4v) is 3.43. The summed E-state index contributed by atoms with van der Waals surface area (Å²) in [5.74, 6) is -0.210. The quantitative estimate of drug-likeness (QED) is 0.907. The maximum Gasteiger partial charge on any atom is 0.320 e. The molecular weight excluding hydrogens is 266 g/mol. The van der Waals surface area contributed by atoms with Crippen molar-refractivity contribution in [2.75, 3.05) is 13.1 Å². The minimum Gasteiger partial charge on any atom is -0.480 e. The third kappa shape index (κ3) is 2.65. The van der Waals surface area contributed by atoms with Gasteiger partial charge in [-0.3, -0.25) is 9.69 Å². The summed E-state index contributed by atoms with van der Waals surface area (Å²) in [5, 5.41) is 10.5. The van der Waals surface area contributed by atoms with Crippen LogP contribution < -0.4 is 0 Å². The number of nitrogens with one attached hydrogen (secondary N) is 1. The predicted molar refractivity (Wildman–Crippen MR) is 81.4 cm³/mol. The van der Waals surface area contributed by atoms with Gasteiger partial charge in [0.15, 0.2) is 0 Å². The van der Waals surface area contributed by atoms with Gasteiger partial charge >= 0.3 is 5.97 Å². The summed E-state index contributed by atoms with van der Waals surface area (Å²) < 4.78 is 0. The van der Waals surface area contributed by atoms with Gasteiger partial charge in [0.2, 0.25) is 0 Å². The molecule has 112 valence electrons. The fourth-order valence-electron chi connectivity index (χ4n) is 3.43. The first-order valence-electron chi connectivity index (χ1n) is 7.59. The number of hydrogen-bond donors (Lipinski definition) is 2. The van der Waals surface area contributed by atoms with Gasteiger partial charge in [0, 0.05) is 17.8 Å². The van der Waals surface area contributed by atoms with Crippen molar-refractivity contribution in [1.29, 1.82) is 0 Å². The molecule has 3 rings (SSSR count). The van der Waals surface area contributed by atoms with Gasteiger partial charge in [0.25, 0.3) is 0 Å². The highest BCUT2D eigenvalue weighted by atomic mass is 16.4. The number of pyridine rings is 1. The molecule has 0 aliphatic carbocycles. The topological polar surface area (TPSA) is 69.2 Å². The molecule has 1 saturated heterocycles. The van der Waals surface area contributed by atoms with Crippen LogP contribution in [0.25, 0.3) is 11.0 Å². The standard InChI is InChI=1S/C16H21N3O2/c1-2-14(16(20)21)19-8-5-11(6-9-19)13-10-18-15-12(13)4-3-7-17-15/h3-4,7,10-11,14H,2,5-6,8-9H2,1H3,(H,17,18)(H,20,21)/t14-/m0/s1. The number of aromatic nitrogens is 2. The van der Waals surface area contributed by atoms with E-state index in [9.17, 15) is 9.90 Å². The van der Waals surface area contributed by atoms with E-state index in [1.807, 2.05) is 13.0 Å². The number of H-pyrrole nitrogens is 1. The Bertz CT molecular complexity index is 629. The molecule has 0 spiro atoms. The number of carbonyl (C=O) groups is 1. The Labute approximate surface area is 124 Å². The van der Waals surface area contributed by atoms with Crippen LogP contribution in [-0.2, 0) is 4.79 Å². The lowest BCUT2D eigenvalue weighted by molar-refractivity contribution is -0.143. The Morgan fingerprint density at radius 1 is 1.52 bits per heavy atom. The van der Waals surface area contributed by atoms with Gasteiger partial charge in [-0.1, -0.05) is 6.92 Å². The van der Waals surface area contributed by atoms with E-state index in [0.717, 1.165) is 31.6 Å². The molecule has 2 aromatic heterocycles. The number of rotatable bonds is 4. The van der Waals surface area contributed by atoms with Crippen molar-refractivity contribution in [3.05, 3.63) is 30.1 Å². The highest BCUT2D eigenvalue weighted by molar-refractivity contribution is 5.80. The number of carboxylic acid groups (broad SMARTS) is 1. The van der Waals surface area contributed by atoms with E-state index in [1.165, 1.54) is 10.9 Å². The smallest absolute Gasteiger partial charge is 0.320 e. The zero-order chi connectivity index (χ0) is 14.8. The summed E-state index contributed by atoms with van der Waals surface area (Å²) in [5.41, 5.74) is 2.26. The first kappa shape index (κ1) is 14.1. The molecule has 5 nitrogen and oxygen atoms in total. The lowest BCUT2D eigenvalue weighted by Crippen LogP contribution is -2.44. The Morgan fingerprint density at radius 2 is 2.29 bits per heavy atom. The van der Waals surface area contributed by atoms with E-state index < -0.39 is 5.97 Å². The summed E-state index contributed by atoms with van der Waals surface area (Å²) in [7, 11) is 0. The Kier molecular flexibility index (Phi) is 3.92. The molecule has 3 heterocycles. The number of nitrogens with zero attached hydrogens (tertiary/aromatic N) is 2. The van der Waals surface area contributed by atoms with Gasteiger partial charge in [0.1, 0.15) is 11.7 Å². The molecule has 1 aliphatic heterocycles. The van der Waals surface area contributed by atoms with E-state index in [1.54, 1.807) is 6.20 Å². The minimum atomic E-state index is -0.702. The van der Waals surface area contributed by atoms with Crippen molar-refractivity contribution in [2.24, 2.45) is 0 Å². The number of piperidine rings is 1. The van der Waals surface area contributed by atoms with Crippen LogP contribution in [0, 0.1) is 0 Å². The van der Waals surface area contributed by atoms with E-state index in [0.29, 0.717) is 12.3 Å². The van der Waals surface area contributed by atoms with Gasteiger partial charge in [0.05, 0.1) is 0 Å². The molecule has 5 heteroatoms. The number of likely N-dealkylation sites (tertiary alicyclic amines) is 1. The van der Waals surface area contributed by atoms with Crippen molar-refractivity contribution in [2.45, 2.75) is 38.1 Å². The SMILES string of the molecule is CC[C@@H](C(=O)O)N1CCC(c2c[nH]c3ncccc23)CC1. The van der Waals surface area contributed by atoms with Crippen LogP contribution in [0.15, 0.2) is 24.5 Å². The molecule has 0 unspecified atom stereocenters. The summed E-state index contributed by atoms with van der Waals surface area (Å²) in [6.07, 6.45) is 6.53. The molecular formula is C16H21N3O2. The molecule has 1 fully saturated rings. The van der Waals surface area contributed by atoms with Crippen molar-refractivity contribution >= 4 is 17.0 Å². The Morgan fingerprint density at radius 3 is 2.95 bits per heavy atom. The van der Waals surface area contributed by atoms with E-state index in [2.05, 4.69) is 27.1 Å². The van der Waals surface area contributed by atoms with E-state index >= 15 is 0 Å². The zero-order valence-corrected chi connectivity index (χ0v) is 12.2. The highest BCUT2D eigenvalue weighted by Gasteiger charge is 2.29. The van der Waals surface area contributed by atoms with Crippen LogP contribution >= 0.6 is 0 Å². The zero-order valence-electron chi connectivity index (χ0n) is 12.2. The molecule has 21 heavy (non-hydrogen) atoms. The van der Waals surface area contributed by atoms with Gasteiger partial charge < -0.3 is 10.1 Å². The lowest BCUT2D eigenvalue weighted by atomic mass is 9.89. The average molecular weight is 287 g/mol. The third-order valence-corrected chi connectivity index (χ3v) is 4.57. The van der Waals surface area contributed by atoms with Crippen molar-refractivity contribution < 1.29 is 9.90 Å². The third-order valence-electron chi connectivity index (χ3n) is 4.57. The number of hydrogen-bond acceptors (Lipinski definition) is 3. The normalized spacial score (nSPS) is 18.9. The number of fused-ring (bicyclic) bond motifs is 1. The van der Waals surface area contributed by atoms with Crippen molar-refractivity contribution in [1.82, 2.24) is 14.9 Å². The molecule has 0 radical (unpaired) electrons. The molecule has 1 aliphatic rings. The van der Waals surface area contributed by atoms with Crippen LogP contribution in [0.3, 0.4) is 0 Å². The minimum absolute atomic E-state index is 0.337. The van der Waals surface area contributed by atoms with E-state index in [4.69, 9.17) is 0 Å². The number of aliphatic carboxylic acids is 1. The van der Waals surface area contributed by atoms with Crippen LogP contribution in [-0.4, -0.2) is 45.1 Å². The van der Waals surface area contributed by atoms with Crippen LogP contribution in [0.2, 0.25) is 0 Å². The Hall–Kier alpha value is -1.88. The van der Waals surface area contributed by atoms with Gasteiger partial charge in [-0.05, 0) is 56.0 Å². The summed E-state index contributed by atoms with van der Waals surface area (Å²) in [6.45, 7) is 3.64. The molecule has 0 saturated carbocycles. The van der Waals surface area contributed by atoms with Gasteiger partial charge in [-0.25, -0.2) is 4.98 Å². The number of aromatic amines is 1. The second-order valence-corrected chi connectivity index (χ2v) is 5.72. The predicted octanol–water partition coefficient (Wildman–Crippen LogP) is 2.61. The van der Waals surface area contributed by atoms with Crippen LogP contribution in [0.5, 0.6) is 0 Å². The fraction of sp³-hybridized carbons (Fsp3) is 0.500. The molecule has 1 atom stereocenters. The van der Waals surface area contributed by atoms with Crippen LogP contribution in [0.1, 0.15) is 37.7 Å². The monoisotopic (exact) mass is 287 g/mol. The molecule has 2 N–H and O–H groups in total. The largest absolute Gasteiger partial charge is 0.480 e. The highest BCUT2D eigenvalue weighted by Crippen LogP contribution is 2.33. The second-order valence-electron chi connectivity index (χ2n) is 5.72. The molecule has 2 aromatic rings. The van der Waals surface area contributed by atoms with E-state index in [-0.39, 0.29) is 6.04 Å². The first-order valence-corrected chi connectivity index (χ1v) is 7.59. The molecule has 0 aromatic carbocycles. The van der Waals surface area contributed by atoms with Gasteiger partial charge in [-0.15, -0.1) is 0 Å². The number of carboxylic acids is 1. The summed E-state index contributed by atoms with van der Waals surface area (Å²) in [4.78, 5) is 20.9. The maximum absolute atomic E-state index is 11.3. The Balaban J connectivity index is 1.72. The first-order chi connectivity index (χ1) is 10.2. The maximum atomic E-state index is 11.3. The van der Waals surface area contributed by atoms with Crippen molar-refractivity contribution in [3.63, 3.8) is 0 Å². The average Bonchev–Trinajstić information content (AvgIpc) is 2.92.